The van der Waals surface area contributed by atoms with Crippen LogP contribution >= 0.6 is 7.60 Å². The van der Waals surface area contributed by atoms with Gasteiger partial charge in [0.1, 0.15) is 12.7 Å². The molecule has 0 saturated heterocycles. The Balaban J connectivity index is 3.02. The molecule has 0 bridgehead atoms. The Morgan fingerprint density at radius 2 is 1.61 bits per heavy atom. The predicted molar refractivity (Wildman–Crippen MR) is 133 cm³/mol. The maximum atomic E-state index is 14.4. The molecule has 206 valence electrons. The number of benzene rings is 1. The van der Waals surface area contributed by atoms with Crippen LogP contribution in [0.4, 0.5) is 13.6 Å². The maximum absolute atomic E-state index is 14.4. The van der Waals surface area contributed by atoms with E-state index in [4.69, 9.17) is 19.3 Å². The van der Waals surface area contributed by atoms with Crippen molar-refractivity contribution < 1.29 is 42.2 Å². The smallest absolute Gasteiger partial charge is 0.429 e. The summed E-state index contributed by atoms with van der Waals surface area (Å²) in [6.07, 6.45) is 2.75. The van der Waals surface area contributed by atoms with Crippen LogP contribution in [0.5, 0.6) is 0 Å². The molecular formula is C25H40F2NO7P. The largest absolute Gasteiger partial charge is 0.508 e. The lowest BCUT2D eigenvalue weighted by atomic mass is 9.99. The van der Waals surface area contributed by atoms with E-state index in [1.165, 1.54) is 0 Å². The van der Waals surface area contributed by atoms with Gasteiger partial charge in [-0.2, -0.15) is 8.78 Å². The zero-order valence-electron chi connectivity index (χ0n) is 21.2. The summed E-state index contributed by atoms with van der Waals surface area (Å²) in [4.78, 5) is 43.2. The van der Waals surface area contributed by atoms with Crippen LogP contribution in [0.3, 0.4) is 0 Å². The van der Waals surface area contributed by atoms with Crippen molar-refractivity contribution in [2.45, 2.75) is 109 Å². The quantitative estimate of drug-likeness (QED) is 0.115. The van der Waals surface area contributed by atoms with Gasteiger partial charge in [0.25, 0.3) is 0 Å². The fourth-order valence-corrected chi connectivity index (χ4v) is 4.07. The van der Waals surface area contributed by atoms with E-state index in [2.05, 4.69) is 5.32 Å². The molecule has 0 aliphatic rings. The zero-order valence-corrected chi connectivity index (χ0v) is 22.1. The van der Waals surface area contributed by atoms with Gasteiger partial charge in [0, 0.05) is 12.8 Å². The van der Waals surface area contributed by atoms with Gasteiger partial charge in [-0.1, -0.05) is 82.7 Å². The van der Waals surface area contributed by atoms with Crippen molar-refractivity contribution >= 4 is 19.7 Å². The lowest BCUT2D eigenvalue weighted by molar-refractivity contribution is -0.123. The van der Waals surface area contributed by atoms with Crippen molar-refractivity contribution in [3.8, 4) is 0 Å². The predicted octanol–water partition coefficient (Wildman–Crippen LogP) is 6.29. The van der Waals surface area contributed by atoms with Gasteiger partial charge in [-0.3, -0.25) is 9.36 Å². The molecule has 0 aliphatic carbocycles. The molecule has 0 radical (unpaired) electrons. The number of unbranched alkanes of at least 4 members (excludes halogenated alkanes) is 6. The number of amides is 1. The van der Waals surface area contributed by atoms with Gasteiger partial charge in [0.05, 0.1) is 6.04 Å². The number of rotatable bonds is 18. The summed E-state index contributed by atoms with van der Waals surface area (Å²) in [5.41, 5.74) is -3.72. The van der Waals surface area contributed by atoms with Crippen LogP contribution in [0.2, 0.25) is 0 Å². The molecule has 0 spiro atoms. The lowest BCUT2D eigenvalue weighted by Crippen LogP contribution is -2.48. The number of nitrogens with one attached hydrogen (secondary N) is 1. The SMILES string of the molecule is CCCCCCC[C@@H](OC(=O)OCc1ccccc1)[C@H](CC(F)(F)P(=O)(O)O)NC(=O)CCCCC. The molecule has 0 unspecified atom stereocenters. The van der Waals surface area contributed by atoms with E-state index in [0.29, 0.717) is 18.4 Å². The van der Waals surface area contributed by atoms with Crippen molar-refractivity contribution in [2.24, 2.45) is 0 Å². The molecule has 2 atom stereocenters. The highest BCUT2D eigenvalue weighted by Crippen LogP contribution is 2.55. The molecule has 0 fully saturated rings. The van der Waals surface area contributed by atoms with Crippen molar-refractivity contribution in [1.82, 2.24) is 5.32 Å². The van der Waals surface area contributed by atoms with Crippen LogP contribution in [0.1, 0.15) is 90.0 Å². The Labute approximate surface area is 212 Å². The normalized spacial score (nSPS) is 13.6. The molecule has 11 heteroatoms. The van der Waals surface area contributed by atoms with E-state index < -0.39 is 43.9 Å². The summed E-state index contributed by atoms with van der Waals surface area (Å²) in [5.74, 6) is -0.549. The van der Waals surface area contributed by atoms with E-state index in [1.54, 1.807) is 30.3 Å². The average molecular weight is 536 g/mol. The summed E-state index contributed by atoms with van der Waals surface area (Å²) in [5, 5.41) is 2.44. The van der Waals surface area contributed by atoms with Crippen LogP contribution < -0.4 is 5.32 Å². The second kappa shape index (κ2) is 16.7. The monoisotopic (exact) mass is 535 g/mol. The number of halogens is 2. The summed E-state index contributed by atoms with van der Waals surface area (Å²) in [6, 6.07) is 7.29. The Morgan fingerprint density at radius 1 is 1.00 bits per heavy atom. The first-order valence-electron chi connectivity index (χ1n) is 12.6. The number of ether oxygens (including phenoxy) is 2. The lowest BCUT2D eigenvalue weighted by Gasteiger charge is -2.31. The van der Waals surface area contributed by atoms with Crippen molar-refractivity contribution in [1.29, 1.82) is 0 Å². The highest BCUT2D eigenvalue weighted by molar-refractivity contribution is 7.53. The highest BCUT2D eigenvalue weighted by atomic mass is 31.2. The van der Waals surface area contributed by atoms with Crippen molar-refractivity contribution in [2.75, 3.05) is 0 Å². The van der Waals surface area contributed by atoms with Gasteiger partial charge >= 0.3 is 19.4 Å². The molecule has 1 aromatic rings. The number of hydrogen-bond acceptors (Lipinski definition) is 5. The van der Waals surface area contributed by atoms with Gasteiger partial charge in [-0.25, -0.2) is 4.79 Å². The van der Waals surface area contributed by atoms with Gasteiger partial charge < -0.3 is 24.6 Å². The maximum Gasteiger partial charge on any atom is 0.508 e. The Morgan fingerprint density at radius 3 is 2.22 bits per heavy atom. The molecule has 0 heterocycles. The average Bonchev–Trinajstić information content (AvgIpc) is 2.81. The van der Waals surface area contributed by atoms with Gasteiger partial charge in [0.15, 0.2) is 0 Å². The summed E-state index contributed by atoms with van der Waals surface area (Å²) >= 11 is 0. The van der Waals surface area contributed by atoms with Gasteiger partial charge in [-0.05, 0) is 24.8 Å². The van der Waals surface area contributed by atoms with E-state index in [1.807, 2.05) is 13.8 Å². The third-order valence-electron chi connectivity index (χ3n) is 5.73. The van der Waals surface area contributed by atoms with Crippen LogP contribution in [0.15, 0.2) is 30.3 Å². The first-order chi connectivity index (χ1) is 17.0. The Hall–Kier alpha value is -2.03. The van der Waals surface area contributed by atoms with Crippen molar-refractivity contribution in [3.63, 3.8) is 0 Å². The van der Waals surface area contributed by atoms with Crippen LogP contribution in [-0.4, -0.2) is 39.7 Å². The van der Waals surface area contributed by atoms with Gasteiger partial charge in [-0.15, -0.1) is 0 Å². The minimum Gasteiger partial charge on any atom is -0.429 e. The fourth-order valence-electron chi connectivity index (χ4n) is 3.64. The molecular weight excluding hydrogens is 495 g/mol. The third-order valence-corrected chi connectivity index (χ3v) is 6.77. The third kappa shape index (κ3) is 12.8. The molecule has 1 amide bonds. The standard InChI is InChI=1S/C25H40F2NO7P/c1-3-5-7-8-13-16-22(35-24(30)34-19-20-14-11-9-12-15-20)21(18-25(26,27)36(31,32)33)28-23(29)17-10-6-4-2/h9,11-12,14-15,21-22H,3-8,10,13,16-19H2,1-2H3,(H,28,29)(H2,31,32,33)/t21-,22+/m0/s1. The van der Waals surface area contributed by atoms with Crippen LogP contribution in [0.25, 0.3) is 0 Å². The van der Waals surface area contributed by atoms with E-state index >= 15 is 0 Å². The number of alkyl halides is 2. The molecule has 1 aromatic carbocycles. The molecule has 0 aromatic heterocycles. The van der Waals surface area contributed by atoms with E-state index in [0.717, 1.165) is 38.5 Å². The molecule has 0 saturated carbocycles. The number of carbonyl (C=O) groups is 2. The van der Waals surface area contributed by atoms with Gasteiger partial charge in [0.2, 0.25) is 5.91 Å². The Kier molecular flexibility index (Phi) is 14.8. The first-order valence-corrected chi connectivity index (χ1v) is 14.2. The molecule has 8 nitrogen and oxygen atoms in total. The second-order valence-electron chi connectivity index (χ2n) is 8.93. The summed E-state index contributed by atoms with van der Waals surface area (Å²) in [6.45, 7) is 3.89. The minimum atomic E-state index is -5.82. The first kappa shape index (κ1) is 32.0. The molecule has 1 rings (SSSR count). The topological polar surface area (TPSA) is 122 Å². The molecule has 0 aliphatic heterocycles. The number of hydrogen-bond donors (Lipinski definition) is 3. The minimum absolute atomic E-state index is 0.0630. The van der Waals surface area contributed by atoms with E-state index in [-0.39, 0.29) is 19.4 Å². The highest BCUT2D eigenvalue weighted by Gasteiger charge is 2.51. The van der Waals surface area contributed by atoms with Crippen molar-refractivity contribution in [3.05, 3.63) is 35.9 Å². The zero-order chi connectivity index (χ0) is 27.0. The van der Waals surface area contributed by atoms with Crippen LogP contribution in [-0.2, 0) is 25.4 Å². The Bertz CT molecular complexity index is 820. The molecule has 36 heavy (non-hydrogen) atoms. The molecule has 3 N–H and O–H groups in total. The fraction of sp³-hybridized carbons (Fsp3) is 0.680. The summed E-state index contributed by atoms with van der Waals surface area (Å²) in [7, 11) is -5.82. The second-order valence-corrected chi connectivity index (χ2v) is 10.7. The van der Waals surface area contributed by atoms with Crippen LogP contribution in [0, 0.1) is 0 Å². The number of carbonyl (C=O) groups excluding carboxylic acids is 2. The van der Waals surface area contributed by atoms with E-state index in [9.17, 15) is 22.9 Å². The summed E-state index contributed by atoms with van der Waals surface area (Å²) < 4.78 is 50.7.